The van der Waals surface area contributed by atoms with Crippen LogP contribution in [0, 0.1) is 6.92 Å². The van der Waals surface area contributed by atoms with E-state index in [9.17, 15) is 8.42 Å². The summed E-state index contributed by atoms with van der Waals surface area (Å²) in [6, 6.07) is 35.5. The van der Waals surface area contributed by atoms with E-state index in [4.69, 9.17) is 27.9 Å². The molecule has 0 amide bonds. The topological polar surface area (TPSA) is 89.5 Å². The Labute approximate surface area is 259 Å². The molecule has 0 aromatic heterocycles. The zero-order valence-corrected chi connectivity index (χ0v) is 25.7. The van der Waals surface area contributed by atoms with Crippen molar-refractivity contribution in [2.45, 2.75) is 62.3 Å². The van der Waals surface area contributed by atoms with Gasteiger partial charge in [-0.05, 0) is 35.7 Å². The molecular formula is C35H38O8S. The maximum absolute atomic E-state index is 13.7. The number of ether oxygens (including phenoxy) is 5. The molecule has 1 aliphatic rings. The molecule has 0 saturated carbocycles. The van der Waals surface area contributed by atoms with E-state index >= 15 is 0 Å². The summed E-state index contributed by atoms with van der Waals surface area (Å²) in [4.78, 5) is 0.0315. The van der Waals surface area contributed by atoms with Crippen LogP contribution in [0.2, 0.25) is 0 Å². The second-order valence-corrected chi connectivity index (χ2v) is 12.2. The van der Waals surface area contributed by atoms with Gasteiger partial charge in [0, 0.05) is 7.11 Å². The van der Waals surface area contributed by atoms with Crippen LogP contribution in [0.4, 0.5) is 0 Å². The first-order valence-corrected chi connectivity index (χ1v) is 15.9. The van der Waals surface area contributed by atoms with Crippen LogP contribution in [0.5, 0.6) is 0 Å². The van der Waals surface area contributed by atoms with Crippen molar-refractivity contribution in [2.75, 3.05) is 13.7 Å². The summed E-state index contributed by atoms with van der Waals surface area (Å²) in [5, 5.41) is 0. The summed E-state index contributed by atoms with van der Waals surface area (Å²) in [6.07, 6.45) is -4.66. The van der Waals surface area contributed by atoms with Crippen LogP contribution in [0.15, 0.2) is 120 Å². The molecule has 0 spiro atoms. The summed E-state index contributed by atoms with van der Waals surface area (Å²) in [7, 11) is -2.75. The van der Waals surface area contributed by atoms with Crippen molar-refractivity contribution in [1.29, 1.82) is 0 Å². The van der Waals surface area contributed by atoms with Crippen molar-refractivity contribution >= 4 is 10.1 Å². The Morgan fingerprint density at radius 3 is 1.66 bits per heavy atom. The lowest BCUT2D eigenvalue weighted by atomic mass is 9.98. The summed E-state index contributed by atoms with van der Waals surface area (Å²) in [6.45, 7) is 2.70. The fourth-order valence-corrected chi connectivity index (χ4v) is 6.09. The molecule has 0 radical (unpaired) electrons. The first-order valence-electron chi connectivity index (χ1n) is 14.5. The fourth-order valence-electron chi connectivity index (χ4n) is 5.00. The van der Waals surface area contributed by atoms with Gasteiger partial charge in [0.15, 0.2) is 6.29 Å². The zero-order valence-electron chi connectivity index (χ0n) is 24.9. The molecule has 1 heterocycles. The molecule has 5 atom stereocenters. The van der Waals surface area contributed by atoms with Crippen molar-refractivity contribution in [3.8, 4) is 0 Å². The van der Waals surface area contributed by atoms with Crippen LogP contribution in [-0.4, -0.2) is 52.8 Å². The largest absolute Gasteiger partial charge is 0.374 e. The number of rotatable bonds is 14. The average Bonchev–Trinajstić information content (AvgIpc) is 3.05. The van der Waals surface area contributed by atoms with Gasteiger partial charge in [0.1, 0.15) is 24.4 Å². The Bertz CT molecular complexity index is 1520. The highest BCUT2D eigenvalue weighted by Gasteiger charge is 2.50. The quantitative estimate of drug-likeness (QED) is 0.163. The van der Waals surface area contributed by atoms with Crippen LogP contribution in [0.1, 0.15) is 22.3 Å². The molecule has 4 aromatic carbocycles. The lowest BCUT2D eigenvalue weighted by Crippen LogP contribution is -2.62. The van der Waals surface area contributed by atoms with Crippen molar-refractivity contribution in [2.24, 2.45) is 0 Å². The minimum Gasteiger partial charge on any atom is -0.374 e. The summed E-state index contributed by atoms with van der Waals surface area (Å²) in [5.41, 5.74) is 3.73. The molecule has 9 heteroatoms. The smallest absolute Gasteiger partial charge is 0.297 e. The molecule has 5 rings (SSSR count). The van der Waals surface area contributed by atoms with Gasteiger partial charge in [0.2, 0.25) is 0 Å². The normalized spacial score (nSPS) is 22.1. The Morgan fingerprint density at radius 1 is 0.636 bits per heavy atom. The molecule has 0 bridgehead atoms. The van der Waals surface area contributed by atoms with E-state index in [0.717, 1.165) is 22.3 Å². The molecule has 1 fully saturated rings. The highest BCUT2D eigenvalue weighted by Crippen LogP contribution is 2.33. The van der Waals surface area contributed by atoms with Crippen LogP contribution in [-0.2, 0) is 57.8 Å². The van der Waals surface area contributed by atoms with Crippen LogP contribution in [0.3, 0.4) is 0 Å². The van der Waals surface area contributed by atoms with Crippen molar-refractivity contribution in [1.82, 2.24) is 0 Å². The molecule has 0 N–H and O–H groups in total. The van der Waals surface area contributed by atoms with E-state index in [2.05, 4.69) is 0 Å². The number of methoxy groups -OCH3 is 1. The van der Waals surface area contributed by atoms with Gasteiger partial charge in [-0.15, -0.1) is 0 Å². The number of hydrogen-bond donors (Lipinski definition) is 0. The average molecular weight is 619 g/mol. The second kappa shape index (κ2) is 15.5. The van der Waals surface area contributed by atoms with Gasteiger partial charge in [-0.1, -0.05) is 109 Å². The first-order chi connectivity index (χ1) is 21.4. The standard InChI is InChI=1S/C35H38O8S/c1-26-18-20-30(21-19-26)44(36,37)43-33-32(40-23-28-14-8-4-9-15-28)31(25-39-22-27-12-6-3-7-13-27)42-35(38-2)34(33)41-24-29-16-10-5-11-17-29/h3-21,31-35H,22-25H2,1-2H3/t31-,32-,33+,34+,35+/m1/s1. The third kappa shape index (κ3) is 8.61. The van der Waals surface area contributed by atoms with E-state index in [1.54, 1.807) is 12.1 Å². The summed E-state index contributed by atoms with van der Waals surface area (Å²) < 4.78 is 64.4. The molecule has 44 heavy (non-hydrogen) atoms. The minimum atomic E-state index is -4.24. The third-order valence-electron chi connectivity index (χ3n) is 7.34. The van der Waals surface area contributed by atoms with E-state index in [0.29, 0.717) is 6.61 Å². The molecule has 4 aromatic rings. The number of benzene rings is 4. The van der Waals surface area contributed by atoms with Gasteiger partial charge in [0.05, 0.1) is 31.3 Å². The highest BCUT2D eigenvalue weighted by molar-refractivity contribution is 7.86. The van der Waals surface area contributed by atoms with Crippen molar-refractivity contribution in [3.05, 3.63) is 138 Å². The van der Waals surface area contributed by atoms with Gasteiger partial charge in [0.25, 0.3) is 10.1 Å². The molecule has 0 unspecified atom stereocenters. The van der Waals surface area contributed by atoms with Gasteiger partial charge in [-0.3, -0.25) is 4.18 Å². The van der Waals surface area contributed by atoms with Crippen LogP contribution >= 0.6 is 0 Å². The SMILES string of the molecule is CO[C@H]1O[C@H](COCc2ccccc2)[C@@H](OCc2ccccc2)[C@H](OS(=O)(=O)c2ccc(C)cc2)[C@@H]1OCc1ccccc1. The van der Waals surface area contributed by atoms with Gasteiger partial charge in [-0.25, -0.2) is 0 Å². The highest BCUT2D eigenvalue weighted by atomic mass is 32.2. The Balaban J connectivity index is 1.46. The van der Waals surface area contributed by atoms with E-state index in [1.165, 1.54) is 19.2 Å². The third-order valence-corrected chi connectivity index (χ3v) is 8.66. The zero-order chi connectivity index (χ0) is 30.8. The Morgan fingerprint density at radius 2 is 1.14 bits per heavy atom. The molecule has 1 aliphatic heterocycles. The van der Waals surface area contributed by atoms with E-state index in [-0.39, 0.29) is 24.7 Å². The lowest BCUT2D eigenvalue weighted by molar-refractivity contribution is -0.310. The minimum absolute atomic E-state index is 0.0315. The van der Waals surface area contributed by atoms with Gasteiger partial charge >= 0.3 is 0 Å². The lowest BCUT2D eigenvalue weighted by Gasteiger charge is -2.45. The summed E-state index contributed by atoms with van der Waals surface area (Å²) >= 11 is 0. The molecular weight excluding hydrogens is 580 g/mol. The maximum Gasteiger partial charge on any atom is 0.297 e. The van der Waals surface area contributed by atoms with Crippen molar-refractivity contribution in [3.63, 3.8) is 0 Å². The van der Waals surface area contributed by atoms with Crippen LogP contribution < -0.4 is 0 Å². The fraction of sp³-hybridized carbons (Fsp3) is 0.314. The van der Waals surface area contributed by atoms with Crippen LogP contribution in [0.25, 0.3) is 0 Å². The molecule has 0 aliphatic carbocycles. The Kier molecular flexibility index (Phi) is 11.3. The first kappa shape index (κ1) is 32.0. The Hall–Kier alpha value is -3.41. The number of aryl methyl sites for hydroxylation is 1. The number of hydrogen-bond acceptors (Lipinski definition) is 8. The molecule has 232 valence electrons. The molecule has 8 nitrogen and oxygen atoms in total. The second-order valence-electron chi connectivity index (χ2n) is 10.6. The predicted octanol–water partition coefficient (Wildman–Crippen LogP) is 5.83. The van der Waals surface area contributed by atoms with Gasteiger partial charge in [-0.2, -0.15) is 8.42 Å². The van der Waals surface area contributed by atoms with Crippen molar-refractivity contribution < 1.29 is 36.3 Å². The van der Waals surface area contributed by atoms with Gasteiger partial charge < -0.3 is 23.7 Å². The molecule has 1 saturated heterocycles. The van der Waals surface area contributed by atoms with E-state index in [1.807, 2.05) is 97.9 Å². The monoisotopic (exact) mass is 618 g/mol. The maximum atomic E-state index is 13.7. The van der Waals surface area contributed by atoms with E-state index < -0.39 is 40.8 Å². The summed E-state index contributed by atoms with van der Waals surface area (Å²) in [5.74, 6) is 0. The predicted molar refractivity (Wildman–Crippen MR) is 165 cm³/mol.